The van der Waals surface area contributed by atoms with Crippen LogP contribution in [0.15, 0.2) is 24.3 Å². The van der Waals surface area contributed by atoms with Crippen molar-refractivity contribution in [1.29, 1.82) is 0 Å². The summed E-state index contributed by atoms with van der Waals surface area (Å²) >= 11 is 0. The minimum Gasteiger partial charge on any atom is -0.497 e. The Labute approximate surface area is 90.1 Å². The highest BCUT2D eigenvalue weighted by Crippen LogP contribution is 2.35. The van der Waals surface area contributed by atoms with Crippen molar-refractivity contribution >= 4 is 5.69 Å². The molecule has 0 spiro atoms. The fourth-order valence-electron chi connectivity index (χ4n) is 1.91. The van der Waals surface area contributed by atoms with E-state index in [2.05, 4.69) is 5.32 Å². The number of rotatable bonds is 4. The number of anilines is 1. The number of hydrogen-bond acceptors (Lipinski definition) is 3. The van der Waals surface area contributed by atoms with Crippen LogP contribution in [-0.4, -0.2) is 24.4 Å². The molecule has 3 heteroatoms. The van der Waals surface area contributed by atoms with Crippen molar-refractivity contribution in [1.82, 2.24) is 0 Å². The van der Waals surface area contributed by atoms with E-state index in [-0.39, 0.29) is 12.1 Å². The van der Waals surface area contributed by atoms with Crippen LogP contribution in [0.3, 0.4) is 0 Å². The average molecular weight is 207 g/mol. The van der Waals surface area contributed by atoms with Gasteiger partial charge in [0.2, 0.25) is 0 Å². The number of aliphatic hydroxyl groups is 1. The molecule has 0 saturated heterocycles. The molecule has 1 aromatic carbocycles. The summed E-state index contributed by atoms with van der Waals surface area (Å²) in [5, 5.41) is 12.7. The number of nitrogens with one attached hydrogen (secondary N) is 1. The van der Waals surface area contributed by atoms with E-state index in [0.29, 0.717) is 0 Å². The van der Waals surface area contributed by atoms with Gasteiger partial charge in [0.15, 0.2) is 0 Å². The van der Waals surface area contributed by atoms with Crippen molar-refractivity contribution in [2.75, 3.05) is 19.0 Å². The lowest BCUT2D eigenvalue weighted by Gasteiger charge is -2.41. The Bertz CT molecular complexity index is 311. The topological polar surface area (TPSA) is 41.5 Å². The predicted octanol–water partition coefficient (Wildman–Crippen LogP) is 2.02. The van der Waals surface area contributed by atoms with Crippen molar-refractivity contribution in [3.63, 3.8) is 0 Å². The molecule has 1 aliphatic rings. The number of methoxy groups -OCH3 is 1. The van der Waals surface area contributed by atoms with Crippen molar-refractivity contribution in [2.45, 2.75) is 24.8 Å². The summed E-state index contributed by atoms with van der Waals surface area (Å²) in [5.74, 6) is 0.854. The van der Waals surface area contributed by atoms with E-state index in [9.17, 15) is 5.11 Å². The van der Waals surface area contributed by atoms with Crippen LogP contribution in [0.4, 0.5) is 5.69 Å². The van der Waals surface area contributed by atoms with Crippen LogP contribution in [-0.2, 0) is 0 Å². The molecule has 3 nitrogen and oxygen atoms in total. The van der Waals surface area contributed by atoms with Crippen LogP contribution in [0.5, 0.6) is 5.75 Å². The highest BCUT2D eigenvalue weighted by molar-refractivity contribution is 5.49. The zero-order valence-corrected chi connectivity index (χ0v) is 8.99. The van der Waals surface area contributed by atoms with Crippen LogP contribution in [0.2, 0.25) is 0 Å². The van der Waals surface area contributed by atoms with Crippen LogP contribution in [0, 0.1) is 0 Å². The Balaban J connectivity index is 2.03. The van der Waals surface area contributed by atoms with Crippen LogP contribution in [0.1, 0.15) is 19.3 Å². The molecule has 0 heterocycles. The van der Waals surface area contributed by atoms with E-state index in [1.807, 2.05) is 24.3 Å². The third-order valence-corrected chi connectivity index (χ3v) is 3.11. The summed E-state index contributed by atoms with van der Waals surface area (Å²) in [6, 6.07) is 7.81. The standard InChI is InChI=1S/C12H17NO2/c1-15-11-5-3-10(4-6-11)13-12(9-14)7-2-8-12/h3-6,13-14H,2,7-9H2,1H3. The molecular formula is C12H17NO2. The van der Waals surface area contributed by atoms with Crippen LogP contribution >= 0.6 is 0 Å². The van der Waals surface area contributed by atoms with Gasteiger partial charge in [0.1, 0.15) is 5.75 Å². The van der Waals surface area contributed by atoms with Crippen molar-refractivity contribution < 1.29 is 9.84 Å². The Morgan fingerprint density at radius 2 is 2.00 bits per heavy atom. The van der Waals surface area contributed by atoms with Gasteiger partial charge in [-0.15, -0.1) is 0 Å². The summed E-state index contributed by atoms with van der Waals surface area (Å²) in [6.45, 7) is 0.207. The number of benzene rings is 1. The summed E-state index contributed by atoms with van der Waals surface area (Å²) in [5.41, 5.74) is 0.971. The summed E-state index contributed by atoms with van der Waals surface area (Å²) < 4.78 is 5.09. The normalized spacial score (nSPS) is 18.0. The molecule has 0 radical (unpaired) electrons. The first kappa shape index (κ1) is 10.3. The second-order valence-electron chi connectivity index (χ2n) is 4.15. The quantitative estimate of drug-likeness (QED) is 0.793. The smallest absolute Gasteiger partial charge is 0.119 e. The number of ether oxygens (including phenoxy) is 1. The lowest BCUT2D eigenvalue weighted by atomic mass is 9.77. The fraction of sp³-hybridized carbons (Fsp3) is 0.500. The Hall–Kier alpha value is -1.22. The van der Waals surface area contributed by atoms with Crippen LogP contribution < -0.4 is 10.1 Å². The molecule has 2 N–H and O–H groups in total. The van der Waals surface area contributed by atoms with Gasteiger partial charge in [-0.2, -0.15) is 0 Å². The van der Waals surface area contributed by atoms with E-state index >= 15 is 0 Å². The maximum Gasteiger partial charge on any atom is 0.119 e. The molecule has 15 heavy (non-hydrogen) atoms. The predicted molar refractivity (Wildman–Crippen MR) is 60.3 cm³/mol. The molecular weight excluding hydrogens is 190 g/mol. The summed E-state index contributed by atoms with van der Waals surface area (Å²) in [4.78, 5) is 0. The molecule has 1 fully saturated rings. The van der Waals surface area contributed by atoms with Crippen molar-refractivity contribution in [3.05, 3.63) is 24.3 Å². The molecule has 1 aliphatic carbocycles. The van der Waals surface area contributed by atoms with Gasteiger partial charge in [0.25, 0.3) is 0 Å². The van der Waals surface area contributed by atoms with Gasteiger partial charge in [-0.3, -0.25) is 0 Å². The zero-order valence-electron chi connectivity index (χ0n) is 8.99. The van der Waals surface area contributed by atoms with Gasteiger partial charge >= 0.3 is 0 Å². The van der Waals surface area contributed by atoms with Gasteiger partial charge in [-0.25, -0.2) is 0 Å². The van der Waals surface area contributed by atoms with Gasteiger partial charge in [0, 0.05) is 5.69 Å². The second kappa shape index (κ2) is 4.11. The molecule has 0 aliphatic heterocycles. The molecule has 0 bridgehead atoms. The third-order valence-electron chi connectivity index (χ3n) is 3.11. The maximum absolute atomic E-state index is 9.31. The molecule has 2 rings (SSSR count). The molecule has 0 aromatic heterocycles. The molecule has 0 atom stereocenters. The van der Waals surface area contributed by atoms with E-state index in [1.165, 1.54) is 6.42 Å². The van der Waals surface area contributed by atoms with Gasteiger partial charge in [-0.05, 0) is 43.5 Å². The highest BCUT2D eigenvalue weighted by Gasteiger charge is 2.35. The minimum absolute atomic E-state index is 0.0748. The van der Waals surface area contributed by atoms with E-state index < -0.39 is 0 Å². The molecule has 1 aromatic rings. The second-order valence-corrected chi connectivity index (χ2v) is 4.15. The van der Waals surface area contributed by atoms with Crippen LogP contribution in [0.25, 0.3) is 0 Å². The first-order chi connectivity index (χ1) is 7.28. The SMILES string of the molecule is COc1ccc(NC2(CO)CCC2)cc1. The zero-order chi connectivity index (χ0) is 10.7. The van der Waals surface area contributed by atoms with E-state index in [1.54, 1.807) is 7.11 Å². The van der Waals surface area contributed by atoms with Gasteiger partial charge in [-0.1, -0.05) is 0 Å². The maximum atomic E-state index is 9.31. The molecule has 82 valence electrons. The monoisotopic (exact) mass is 207 g/mol. The van der Waals surface area contributed by atoms with Gasteiger partial charge in [0.05, 0.1) is 19.3 Å². The molecule has 1 saturated carbocycles. The fourth-order valence-corrected chi connectivity index (χ4v) is 1.91. The largest absolute Gasteiger partial charge is 0.497 e. The number of hydrogen-bond donors (Lipinski definition) is 2. The van der Waals surface area contributed by atoms with Crippen molar-refractivity contribution in [2.24, 2.45) is 0 Å². The molecule has 0 unspecified atom stereocenters. The van der Waals surface area contributed by atoms with E-state index in [4.69, 9.17) is 4.74 Å². The lowest BCUT2D eigenvalue weighted by Crippen LogP contribution is -2.48. The molecule has 0 amide bonds. The van der Waals surface area contributed by atoms with Crippen molar-refractivity contribution in [3.8, 4) is 5.75 Å². The first-order valence-electron chi connectivity index (χ1n) is 5.31. The minimum atomic E-state index is -0.0748. The highest BCUT2D eigenvalue weighted by atomic mass is 16.5. The third kappa shape index (κ3) is 2.07. The average Bonchev–Trinajstić information content (AvgIpc) is 2.24. The summed E-state index contributed by atoms with van der Waals surface area (Å²) in [7, 11) is 1.66. The Morgan fingerprint density at radius 1 is 1.33 bits per heavy atom. The lowest BCUT2D eigenvalue weighted by molar-refractivity contribution is 0.144. The first-order valence-corrected chi connectivity index (χ1v) is 5.31. The Kier molecular flexibility index (Phi) is 2.82. The summed E-state index contributed by atoms with van der Waals surface area (Å²) in [6.07, 6.45) is 3.30. The number of aliphatic hydroxyl groups excluding tert-OH is 1. The van der Waals surface area contributed by atoms with E-state index in [0.717, 1.165) is 24.3 Å². The Morgan fingerprint density at radius 3 is 2.40 bits per heavy atom. The van der Waals surface area contributed by atoms with Gasteiger partial charge < -0.3 is 15.2 Å².